The Balaban J connectivity index is 2.03. The van der Waals surface area contributed by atoms with Crippen molar-refractivity contribution in [1.82, 2.24) is 5.01 Å². The van der Waals surface area contributed by atoms with Gasteiger partial charge in [0, 0.05) is 24.3 Å². The van der Waals surface area contributed by atoms with E-state index in [-0.39, 0.29) is 0 Å². The van der Waals surface area contributed by atoms with Crippen molar-refractivity contribution in [1.29, 1.82) is 0 Å². The second-order valence-electron chi connectivity index (χ2n) is 5.74. The van der Waals surface area contributed by atoms with E-state index in [1.165, 1.54) is 22.1 Å². The molecule has 2 atom stereocenters. The van der Waals surface area contributed by atoms with Crippen LogP contribution < -0.4 is 10.3 Å². The highest BCUT2D eigenvalue weighted by molar-refractivity contribution is 7.28. The van der Waals surface area contributed by atoms with Crippen LogP contribution in [0.5, 0.6) is 0 Å². The summed E-state index contributed by atoms with van der Waals surface area (Å²) in [4.78, 5) is 0. The molecule has 2 aromatic carbocycles. The molecule has 2 unspecified atom stereocenters. The molecule has 4 heteroatoms. The largest absolute Gasteiger partial charge is 0.281 e. The summed E-state index contributed by atoms with van der Waals surface area (Å²) in [6.45, 7) is 4.22. The molecular weight excluding hydrogens is 311 g/mol. The van der Waals surface area contributed by atoms with Gasteiger partial charge in [-0.1, -0.05) is 29.8 Å². The molecule has 0 N–H and O–H groups in total. The van der Waals surface area contributed by atoms with Crippen LogP contribution in [0, 0.1) is 6.92 Å². The molecule has 2 aromatic rings. The summed E-state index contributed by atoms with van der Waals surface area (Å²) in [6, 6.07) is 13.1. The van der Waals surface area contributed by atoms with Gasteiger partial charge in [-0.3, -0.25) is 5.01 Å². The van der Waals surface area contributed by atoms with Gasteiger partial charge >= 0.3 is 0 Å². The number of hydrogen-bond acceptors (Lipinski definition) is 2. The van der Waals surface area contributed by atoms with Crippen LogP contribution >= 0.6 is 20.8 Å². The maximum Gasteiger partial charge on any atom is 0.0650 e. The van der Waals surface area contributed by atoms with Crippen LogP contribution in [-0.2, 0) is 0 Å². The quantitative estimate of drug-likeness (QED) is 0.754. The van der Waals surface area contributed by atoms with E-state index in [0.717, 1.165) is 10.6 Å². The maximum atomic E-state index is 6.14. The first-order valence-corrected chi connectivity index (χ1v) is 8.29. The summed E-state index contributed by atoms with van der Waals surface area (Å²) in [5.74, 6) is 0. The minimum absolute atomic E-state index is 0.408. The van der Waals surface area contributed by atoms with Gasteiger partial charge < -0.3 is 0 Å². The number of nitrogens with zero attached hydrogens (tertiary/aromatic N) is 2. The first-order valence-electron chi connectivity index (χ1n) is 7.33. The zero-order valence-electron chi connectivity index (χ0n) is 13.0. The second kappa shape index (κ2) is 6.04. The fraction of sp³-hybridized carbons (Fsp3) is 0.222. The number of hydrogen-bond donors (Lipinski definition) is 0. The Labute approximate surface area is 139 Å². The number of benzene rings is 2. The molecule has 1 aliphatic heterocycles. The van der Waals surface area contributed by atoms with Crippen LogP contribution in [0.3, 0.4) is 0 Å². The lowest BCUT2D eigenvalue weighted by Crippen LogP contribution is -2.37. The number of halogens is 1. The van der Waals surface area contributed by atoms with Gasteiger partial charge in [-0.2, -0.15) is 0 Å². The SMILES string of the molecule is Cc1cc(-c2ccc(P)c(N3C=CC(C)N3C)c2)ccc1Cl. The molecule has 1 heterocycles. The average Bonchev–Trinajstić information content (AvgIpc) is 2.83. The number of hydrazine groups is 1. The molecule has 0 radical (unpaired) electrons. The predicted octanol–water partition coefficient (Wildman–Crippen LogP) is 4.38. The number of rotatable bonds is 2. The van der Waals surface area contributed by atoms with E-state index < -0.39 is 0 Å². The molecule has 3 rings (SSSR count). The summed E-state index contributed by atoms with van der Waals surface area (Å²) < 4.78 is 0. The first kappa shape index (κ1) is 15.6. The Hall–Kier alpha value is -1.34. The Morgan fingerprint density at radius 2 is 1.77 bits per heavy atom. The predicted molar refractivity (Wildman–Crippen MR) is 99.8 cm³/mol. The van der Waals surface area contributed by atoms with Crippen LogP contribution in [0.4, 0.5) is 5.69 Å². The van der Waals surface area contributed by atoms with Gasteiger partial charge in [-0.05, 0) is 60.1 Å². The molecule has 22 heavy (non-hydrogen) atoms. The van der Waals surface area contributed by atoms with E-state index in [4.69, 9.17) is 11.6 Å². The van der Waals surface area contributed by atoms with Gasteiger partial charge in [-0.25, -0.2) is 5.01 Å². The van der Waals surface area contributed by atoms with Crippen molar-refractivity contribution in [3.05, 3.63) is 59.3 Å². The van der Waals surface area contributed by atoms with Crippen molar-refractivity contribution in [3.63, 3.8) is 0 Å². The summed E-state index contributed by atoms with van der Waals surface area (Å²) in [7, 11) is 4.93. The Kier molecular flexibility index (Phi) is 4.27. The van der Waals surface area contributed by atoms with Crippen LogP contribution in [0.1, 0.15) is 12.5 Å². The average molecular weight is 331 g/mol. The third-order valence-electron chi connectivity index (χ3n) is 4.20. The highest BCUT2D eigenvalue weighted by atomic mass is 35.5. The standard InChI is InChI=1S/C18H20ClN2P/c1-12-10-14(4-6-16(12)19)15-5-7-18(22)17(11-15)21-9-8-13(2)20(21)3/h4-11,13H,22H2,1-3H3. The number of aryl methyl sites for hydroxylation is 1. The van der Waals surface area contributed by atoms with Crippen LogP contribution in [0.25, 0.3) is 11.1 Å². The van der Waals surface area contributed by atoms with E-state index >= 15 is 0 Å². The van der Waals surface area contributed by atoms with E-state index in [1.54, 1.807) is 0 Å². The van der Waals surface area contributed by atoms with Gasteiger partial charge in [0.1, 0.15) is 0 Å². The molecule has 0 saturated heterocycles. The fourth-order valence-corrected chi connectivity index (χ4v) is 3.06. The van der Waals surface area contributed by atoms with Crippen LogP contribution in [-0.4, -0.2) is 18.1 Å². The highest BCUT2D eigenvalue weighted by Crippen LogP contribution is 2.30. The zero-order chi connectivity index (χ0) is 15.9. The summed E-state index contributed by atoms with van der Waals surface area (Å²) in [6.07, 6.45) is 4.33. The Morgan fingerprint density at radius 1 is 1.09 bits per heavy atom. The molecule has 0 saturated carbocycles. The van der Waals surface area contributed by atoms with Gasteiger partial charge in [0.15, 0.2) is 0 Å². The first-order chi connectivity index (χ1) is 10.5. The normalized spacial score (nSPS) is 18.2. The topological polar surface area (TPSA) is 6.48 Å². The van der Waals surface area contributed by atoms with Crippen LogP contribution in [0.2, 0.25) is 5.02 Å². The monoisotopic (exact) mass is 330 g/mol. The van der Waals surface area contributed by atoms with E-state index in [0.29, 0.717) is 6.04 Å². The Morgan fingerprint density at radius 3 is 2.41 bits per heavy atom. The van der Waals surface area contributed by atoms with E-state index in [2.05, 4.69) is 75.8 Å². The minimum atomic E-state index is 0.408. The summed E-state index contributed by atoms with van der Waals surface area (Å²) in [5, 5.41) is 6.40. The number of anilines is 1. The number of likely N-dealkylation sites (N-methyl/N-ethyl adjacent to an activating group) is 1. The molecule has 114 valence electrons. The van der Waals surface area contributed by atoms with E-state index in [1.807, 2.05) is 13.0 Å². The summed E-state index contributed by atoms with van der Waals surface area (Å²) >= 11 is 6.14. The molecule has 0 bridgehead atoms. The smallest absolute Gasteiger partial charge is 0.0650 e. The van der Waals surface area contributed by atoms with Gasteiger partial charge in [-0.15, -0.1) is 9.24 Å². The molecule has 1 aliphatic rings. The molecule has 0 spiro atoms. The molecule has 0 aromatic heterocycles. The van der Waals surface area contributed by atoms with Gasteiger partial charge in [0.25, 0.3) is 0 Å². The highest BCUT2D eigenvalue weighted by Gasteiger charge is 2.21. The van der Waals surface area contributed by atoms with Crippen molar-refractivity contribution >= 4 is 31.8 Å². The molecule has 0 amide bonds. The maximum absolute atomic E-state index is 6.14. The summed E-state index contributed by atoms with van der Waals surface area (Å²) in [5.41, 5.74) is 4.66. The van der Waals surface area contributed by atoms with Crippen molar-refractivity contribution < 1.29 is 0 Å². The van der Waals surface area contributed by atoms with Crippen molar-refractivity contribution in [2.45, 2.75) is 19.9 Å². The molecule has 2 nitrogen and oxygen atoms in total. The molecule has 0 aliphatic carbocycles. The third kappa shape index (κ3) is 2.79. The van der Waals surface area contributed by atoms with Gasteiger partial charge in [0.2, 0.25) is 0 Å². The van der Waals surface area contributed by atoms with Crippen molar-refractivity contribution in [3.8, 4) is 11.1 Å². The lowest BCUT2D eigenvalue weighted by Gasteiger charge is -2.30. The third-order valence-corrected chi connectivity index (χ3v) is 5.12. The fourth-order valence-electron chi connectivity index (χ4n) is 2.63. The zero-order valence-corrected chi connectivity index (χ0v) is 15.0. The second-order valence-corrected chi connectivity index (χ2v) is 6.77. The van der Waals surface area contributed by atoms with Gasteiger partial charge in [0.05, 0.1) is 5.69 Å². The van der Waals surface area contributed by atoms with Crippen molar-refractivity contribution in [2.24, 2.45) is 0 Å². The van der Waals surface area contributed by atoms with Crippen molar-refractivity contribution in [2.75, 3.05) is 12.1 Å². The molecular formula is C18H20ClN2P. The minimum Gasteiger partial charge on any atom is -0.281 e. The van der Waals surface area contributed by atoms with E-state index in [9.17, 15) is 0 Å². The van der Waals surface area contributed by atoms with Crippen LogP contribution in [0.15, 0.2) is 48.7 Å². The lowest BCUT2D eigenvalue weighted by molar-refractivity contribution is 0.322. The Bertz CT molecular complexity index is 742. The lowest BCUT2D eigenvalue weighted by atomic mass is 10.0. The molecule has 0 fully saturated rings.